The predicted molar refractivity (Wildman–Crippen MR) is 88.2 cm³/mol. The Labute approximate surface area is 132 Å². The second kappa shape index (κ2) is 5.95. The largest absolute Gasteiger partial charge is 0.307 e. The second-order valence-corrected chi connectivity index (χ2v) is 5.70. The second-order valence-electron chi connectivity index (χ2n) is 4.84. The minimum atomic E-state index is 0.00595. The van der Waals surface area contributed by atoms with Crippen molar-refractivity contribution in [2.24, 2.45) is 0 Å². The minimum Gasteiger partial charge on any atom is -0.307 e. The molecule has 0 saturated heterocycles. The summed E-state index contributed by atoms with van der Waals surface area (Å²) in [6.07, 6.45) is 1.83. The third-order valence-electron chi connectivity index (χ3n) is 3.61. The molecule has 3 rings (SSSR count). The first-order chi connectivity index (χ1) is 10.2. The molecule has 5 heteroatoms. The topological polar surface area (TPSA) is 42.7 Å². The van der Waals surface area contributed by atoms with E-state index in [2.05, 4.69) is 45.4 Å². The number of para-hydroxylation sites is 1. The average Bonchev–Trinajstić information content (AvgIpc) is 2.97. The highest BCUT2D eigenvalue weighted by molar-refractivity contribution is 9.10. The van der Waals surface area contributed by atoms with Crippen molar-refractivity contribution in [1.29, 1.82) is 0 Å². The average molecular weight is 345 g/mol. The van der Waals surface area contributed by atoms with Crippen LogP contribution < -0.4 is 5.32 Å². The fraction of sp³-hybridized carbons (Fsp3) is 0.250. The molecule has 4 nitrogen and oxygen atoms in total. The Morgan fingerprint density at radius 3 is 2.86 bits per heavy atom. The number of aryl methyl sites for hydroxylation is 1. The standard InChI is InChI=1S/C16H17BrN4/c1-3-21-14(8-9-19-21)16(18-2)15-12(17)10-11-6-4-5-7-13(11)20-15/h4-10,16,18H,3H2,1-2H3. The van der Waals surface area contributed by atoms with Gasteiger partial charge in [0.15, 0.2) is 0 Å². The highest BCUT2D eigenvalue weighted by Gasteiger charge is 2.20. The number of hydrogen-bond donors (Lipinski definition) is 1. The van der Waals surface area contributed by atoms with Crippen LogP contribution in [-0.4, -0.2) is 21.8 Å². The first-order valence-corrected chi connectivity index (χ1v) is 7.78. The molecule has 0 aliphatic carbocycles. The first kappa shape index (κ1) is 14.2. The van der Waals surface area contributed by atoms with Crippen molar-refractivity contribution < 1.29 is 0 Å². The van der Waals surface area contributed by atoms with E-state index in [1.165, 1.54) is 0 Å². The van der Waals surface area contributed by atoms with E-state index in [4.69, 9.17) is 4.98 Å². The van der Waals surface area contributed by atoms with Gasteiger partial charge in [0.1, 0.15) is 0 Å². The number of nitrogens with zero attached hydrogens (tertiary/aromatic N) is 3. The van der Waals surface area contributed by atoms with Crippen LogP contribution in [0.1, 0.15) is 24.4 Å². The first-order valence-electron chi connectivity index (χ1n) is 6.98. The summed E-state index contributed by atoms with van der Waals surface area (Å²) in [4.78, 5) is 4.83. The zero-order valence-corrected chi connectivity index (χ0v) is 13.6. The van der Waals surface area contributed by atoms with Gasteiger partial charge in [-0.1, -0.05) is 18.2 Å². The number of fused-ring (bicyclic) bond motifs is 1. The molecule has 0 fully saturated rings. The van der Waals surface area contributed by atoms with Crippen LogP contribution in [0.3, 0.4) is 0 Å². The lowest BCUT2D eigenvalue weighted by atomic mass is 10.1. The zero-order valence-electron chi connectivity index (χ0n) is 12.0. The van der Waals surface area contributed by atoms with Gasteiger partial charge in [0.05, 0.1) is 22.9 Å². The normalized spacial score (nSPS) is 12.7. The maximum Gasteiger partial charge on any atom is 0.0931 e. The van der Waals surface area contributed by atoms with E-state index in [9.17, 15) is 0 Å². The van der Waals surface area contributed by atoms with Crippen molar-refractivity contribution in [2.75, 3.05) is 7.05 Å². The molecular weight excluding hydrogens is 328 g/mol. The van der Waals surface area contributed by atoms with Gasteiger partial charge in [0.25, 0.3) is 0 Å². The molecule has 0 aliphatic rings. The number of aromatic nitrogens is 3. The van der Waals surface area contributed by atoms with Crippen molar-refractivity contribution in [1.82, 2.24) is 20.1 Å². The maximum atomic E-state index is 4.83. The van der Waals surface area contributed by atoms with Gasteiger partial charge in [-0.3, -0.25) is 4.68 Å². The molecule has 0 radical (unpaired) electrons. The molecule has 0 aliphatic heterocycles. The van der Waals surface area contributed by atoms with E-state index in [1.807, 2.05) is 42.2 Å². The van der Waals surface area contributed by atoms with Gasteiger partial charge in [0.2, 0.25) is 0 Å². The van der Waals surface area contributed by atoms with E-state index in [0.717, 1.165) is 33.3 Å². The molecular formula is C16H17BrN4. The molecule has 1 aromatic carbocycles. The van der Waals surface area contributed by atoms with E-state index in [1.54, 1.807) is 0 Å². The lowest BCUT2D eigenvalue weighted by Crippen LogP contribution is -2.23. The lowest BCUT2D eigenvalue weighted by Gasteiger charge is -2.19. The van der Waals surface area contributed by atoms with Crippen molar-refractivity contribution in [3.8, 4) is 0 Å². The van der Waals surface area contributed by atoms with Crippen LogP contribution >= 0.6 is 15.9 Å². The molecule has 0 bridgehead atoms. The van der Waals surface area contributed by atoms with Gasteiger partial charge in [-0.2, -0.15) is 5.10 Å². The smallest absolute Gasteiger partial charge is 0.0931 e. The minimum absolute atomic E-state index is 0.00595. The summed E-state index contributed by atoms with van der Waals surface area (Å²) in [6, 6.07) is 12.3. The van der Waals surface area contributed by atoms with Gasteiger partial charge in [-0.15, -0.1) is 0 Å². The summed E-state index contributed by atoms with van der Waals surface area (Å²) in [6.45, 7) is 2.93. The number of rotatable bonds is 4. The quantitative estimate of drug-likeness (QED) is 0.787. The molecule has 3 aromatic rings. The molecule has 0 spiro atoms. The monoisotopic (exact) mass is 344 g/mol. The molecule has 108 valence electrons. The molecule has 2 aromatic heterocycles. The summed E-state index contributed by atoms with van der Waals surface area (Å²) >= 11 is 3.66. The van der Waals surface area contributed by atoms with Crippen LogP contribution in [-0.2, 0) is 6.54 Å². The Bertz CT molecular complexity index is 766. The van der Waals surface area contributed by atoms with Crippen molar-refractivity contribution in [3.05, 3.63) is 58.5 Å². The lowest BCUT2D eigenvalue weighted by molar-refractivity contribution is 0.555. The molecule has 1 N–H and O–H groups in total. The van der Waals surface area contributed by atoms with Gasteiger partial charge in [-0.05, 0) is 48.1 Å². The van der Waals surface area contributed by atoms with Crippen molar-refractivity contribution in [2.45, 2.75) is 19.5 Å². The van der Waals surface area contributed by atoms with Gasteiger partial charge >= 0.3 is 0 Å². The maximum absolute atomic E-state index is 4.83. The van der Waals surface area contributed by atoms with Crippen LogP contribution in [0.4, 0.5) is 0 Å². The Kier molecular flexibility index (Phi) is 4.03. The predicted octanol–water partition coefficient (Wildman–Crippen LogP) is 3.52. The molecule has 2 heterocycles. The van der Waals surface area contributed by atoms with Crippen LogP contribution in [0.15, 0.2) is 47.1 Å². The third kappa shape index (κ3) is 2.59. The third-order valence-corrected chi connectivity index (χ3v) is 4.25. The molecule has 1 unspecified atom stereocenters. The SMILES string of the molecule is CCn1nccc1C(NC)c1nc2ccccc2cc1Br. The van der Waals surface area contributed by atoms with E-state index in [-0.39, 0.29) is 6.04 Å². The van der Waals surface area contributed by atoms with Crippen LogP contribution in [0, 0.1) is 0 Å². The Morgan fingerprint density at radius 2 is 2.10 bits per heavy atom. The molecule has 0 saturated carbocycles. The number of benzene rings is 1. The van der Waals surface area contributed by atoms with Crippen molar-refractivity contribution in [3.63, 3.8) is 0 Å². The summed E-state index contributed by atoms with van der Waals surface area (Å²) < 4.78 is 2.99. The number of pyridine rings is 1. The Morgan fingerprint density at radius 1 is 1.29 bits per heavy atom. The van der Waals surface area contributed by atoms with Crippen LogP contribution in [0.25, 0.3) is 10.9 Å². The van der Waals surface area contributed by atoms with E-state index < -0.39 is 0 Å². The van der Waals surface area contributed by atoms with E-state index >= 15 is 0 Å². The molecule has 0 amide bonds. The summed E-state index contributed by atoms with van der Waals surface area (Å²) in [7, 11) is 1.95. The number of nitrogens with one attached hydrogen (secondary N) is 1. The molecule has 1 atom stereocenters. The van der Waals surface area contributed by atoms with Gasteiger partial charge < -0.3 is 5.32 Å². The van der Waals surface area contributed by atoms with Crippen molar-refractivity contribution >= 4 is 26.8 Å². The van der Waals surface area contributed by atoms with Gasteiger partial charge in [-0.25, -0.2) is 4.98 Å². The Hall–Kier alpha value is -1.72. The fourth-order valence-corrected chi connectivity index (χ4v) is 3.15. The van der Waals surface area contributed by atoms with Crippen LogP contribution in [0.2, 0.25) is 0 Å². The summed E-state index contributed by atoms with van der Waals surface area (Å²) in [5.74, 6) is 0. The van der Waals surface area contributed by atoms with Crippen LogP contribution in [0.5, 0.6) is 0 Å². The zero-order chi connectivity index (χ0) is 14.8. The summed E-state index contributed by atoms with van der Waals surface area (Å²) in [5.41, 5.74) is 3.09. The fourth-order valence-electron chi connectivity index (χ4n) is 2.58. The van der Waals surface area contributed by atoms with E-state index in [0.29, 0.717) is 0 Å². The highest BCUT2D eigenvalue weighted by atomic mass is 79.9. The highest BCUT2D eigenvalue weighted by Crippen LogP contribution is 2.29. The number of hydrogen-bond acceptors (Lipinski definition) is 3. The van der Waals surface area contributed by atoms with Gasteiger partial charge in [0, 0.05) is 22.6 Å². The summed E-state index contributed by atoms with van der Waals surface area (Å²) in [5, 5.41) is 8.83. The number of halogens is 1. The Balaban J connectivity index is 2.14. The molecule has 21 heavy (non-hydrogen) atoms.